The van der Waals surface area contributed by atoms with Crippen LogP contribution in [0.15, 0.2) is 92.0 Å². The van der Waals surface area contributed by atoms with Crippen molar-refractivity contribution < 1.29 is 0 Å². The topological polar surface area (TPSA) is 103 Å². The summed E-state index contributed by atoms with van der Waals surface area (Å²) in [6.45, 7) is 0. The second-order valence-corrected chi connectivity index (χ2v) is 8.87. The summed E-state index contributed by atoms with van der Waals surface area (Å²) in [6.07, 6.45) is 0. The Labute approximate surface area is 198 Å². The first kappa shape index (κ1) is 19.1. The van der Waals surface area contributed by atoms with Gasteiger partial charge in [0.25, 0.3) is 22.2 Å². The van der Waals surface area contributed by atoms with Gasteiger partial charge in [-0.1, -0.05) is 24.3 Å². The quantitative estimate of drug-likeness (QED) is 0.250. The molecule has 4 heterocycles. The van der Waals surface area contributed by atoms with Crippen molar-refractivity contribution in [2.75, 3.05) is 0 Å². The van der Waals surface area contributed by atoms with E-state index in [1.54, 1.807) is 72.8 Å². The second kappa shape index (κ2) is 6.25. The highest BCUT2D eigenvalue weighted by Gasteiger charge is 2.22. The van der Waals surface area contributed by atoms with E-state index in [-0.39, 0.29) is 16.9 Å². The van der Waals surface area contributed by atoms with E-state index in [2.05, 4.69) is 9.97 Å². The minimum absolute atomic E-state index is 0.224. The predicted octanol–water partition coefficient (Wildman–Crippen LogP) is 3.06. The fraction of sp³-hybridized carbons (Fsp3) is 0. The molecule has 0 bridgehead atoms. The standard InChI is InChI=1S/C28H12N4O4/c33-25-14-6-2-4-8-20(14)31-24(30-25)16-10-12-18-21-15(9-11-17(22(16)21)27(31)35)23-29-19-7-3-1-5-13(19)26(34)32(23)28(18)36/h1-12H. The zero-order valence-corrected chi connectivity index (χ0v) is 18.4. The van der Waals surface area contributed by atoms with Crippen molar-refractivity contribution in [3.8, 4) is 0 Å². The first-order valence-electron chi connectivity index (χ1n) is 11.3. The number of aromatic nitrogens is 4. The molecule has 0 aliphatic carbocycles. The first-order chi connectivity index (χ1) is 17.5. The van der Waals surface area contributed by atoms with Gasteiger partial charge in [0.05, 0.1) is 21.8 Å². The maximum atomic E-state index is 13.8. The van der Waals surface area contributed by atoms with Gasteiger partial charge in [0.2, 0.25) is 0 Å². The van der Waals surface area contributed by atoms with Crippen molar-refractivity contribution in [3.63, 3.8) is 0 Å². The molecule has 0 spiro atoms. The van der Waals surface area contributed by atoms with Gasteiger partial charge in [-0.2, -0.15) is 4.98 Å². The van der Waals surface area contributed by atoms with E-state index in [0.717, 1.165) is 4.40 Å². The van der Waals surface area contributed by atoms with Crippen LogP contribution in [0.5, 0.6) is 0 Å². The molecule has 0 saturated heterocycles. The molecule has 36 heavy (non-hydrogen) atoms. The number of hydrogen-bond donors (Lipinski definition) is 0. The molecule has 0 N–H and O–H groups in total. The minimum atomic E-state index is -0.508. The molecule has 0 unspecified atom stereocenters. The maximum Gasteiger partial charge on any atom is 0.281 e. The summed E-state index contributed by atoms with van der Waals surface area (Å²) in [6, 6.07) is 20.5. The fourth-order valence-corrected chi connectivity index (χ4v) is 5.52. The van der Waals surface area contributed by atoms with Crippen LogP contribution in [0.4, 0.5) is 0 Å². The van der Waals surface area contributed by atoms with Crippen LogP contribution in [0.2, 0.25) is 0 Å². The number of para-hydroxylation sites is 2. The zero-order valence-electron chi connectivity index (χ0n) is 18.4. The summed E-state index contributed by atoms with van der Waals surface area (Å²) in [5.74, 6) is 0. The Hall–Kier alpha value is -5.24. The number of benzene rings is 4. The Morgan fingerprint density at radius 1 is 0.472 bits per heavy atom. The van der Waals surface area contributed by atoms with Crippen molar-refractivity contribution in [1.29, 1.82) is 0 Å². The lowest BCUT2D eigenvalue weighted by Gasteiger charge is -2.15. The van der Waals surface area contributed by atoms with Crippen LogP contribution < -0.4 is 22.2 Å². The maximum absolute atomic E-state index is 13.8. The first-order valence-corrected chi connectivity index (χ1v) is 11.3. The molecule has 8 rings (SSSR count). The highest BCUT2D eigenvalue weighted by Crippen LogP contribution is 2.35. The minimum Gasteiger partial charge on any atom is -0.268 e. The lowest BCUT2D eigenvalue weighted by molar-refractivity contribution is 1.05. The Kier molecular flexibility index (Phi) is 3.32. The van der Waals surface area contributed by atoms with Crippen molar-refractivity contribution in [2.24, 2.45) is 0 Å². The van der Waals surface area contributed by atoms with Gasteiger partial charge in [0, 0.05) is 32.3 Å². The Bertz CT molecular complexity index is 2500. The Morgan fingerprint density at radius 3 is 1.72 bits per heavy atom. The van der Waals surface area contributed by atoms with Gasteiger partial charge in [-0.15, -0.1) is 0 Å². The largest absolute Gasteiger partial charge is 0.281 e. The van der Waals surface area contributed by atoms with Gasteiger partial charge in [0.15, 0.2) is 11.3 Å². The molecular weight excluding hydrogens is 456 g/mol. The average Bonchev–Trinajstić information content (AvgIpc) is 2.90. The van der Waals surface area contributed by atoms with Crippen LogP contribution >= 0.6 is 0 Å². The summed E-state index contributed by atoms with van der Waals surface area (Å²) >= 11 is 0. The van der Waals surface area contributed by atoms with Crippen LogP contribution in [-0.2, 0) is 0 Å². The summed E-state index contributed by atoms with van der Waals surface area (Å²) in [5.41, 5.74) is -0.332. The molecule has 0 amide bonds. The summed E-state index contributed by atoms with van der Waals surface area (Å²) in [5, 5.41) is 3.57. The monoisotopic (exact) mass is 468 g/mol. The molecule has 0 aliphatic rings. The van der Waals surface area contributed by atoms with Crippen LogP contribution in [-0.4, -0.2) is 18.8 Å². The highest BCUT2D eigenvalue weighted by molar-refractivity contribution is 6.27. The van der Waals surface area contributed by atoms with E-state index >= 15 is 0 Å². The molecule has 4 aromatic heterocycles. The van der Waals surface area contributed by atoms with Crippen molar-refractivity contribution in [1.82, 2.24) is 18.8 Å². The lowest BCUT2D eigenvalue weighted by Crippen LogP contribution is -2.28. The number of pyridine rings is 2. The number of nitrogens with zero attached hydrogens (tertiary/aromatic N) is 4. The van der Waals surface area contributed by atoms with Crippen molar-refractivity contribution >= 4 is 65.4 Å². The van der Waals surface area contributed by atoms with Crippen molar-refractivity contribution in [2.45, 2.75) is 0 Å². The number of hydrogen-bond acceptors (Lipinski definition) is 6. The molecule has 4 aromatic carbocycles. The molecule has 0 radical (unpaired) electrons. The van der Waals surface area contributed by atoms with Crippen LogP contribution in [0.1, 0.15) is 0 Å². The summed E-state index contributed by atoms with van der Waals surface area (Å²) in [7, 11) is 0. The van der Waals surface area contributed by atoms with E-state index in [9.17, 15) is 19.2 Å². The average molecular weight is 468 g/mol. The van der Waals surface area contributed by atoms with Gasteiger partial charge in [0.1, 0.15) is 0 Å². The van der Waals surface area contributed by atoms with Gasteiger partial charge in [-0.05, 0) is 48.5 Å². The van der Waals surface area contributed by atoms with E-state index in [4.69, 9.17) is 0 Å². The van der Waals surface area contributed by atoms with E-state index in [0.29, 0.717) is 54.1 Å². The molecule has 0 atom stereocenters. The Morgan fingerprint density at radius 2 is 1.00 bits per heavy atom. The Balaban J connectivity index is 1.72. The van der Waals surface area contributed by atoms with Crippen molar-refractivity contribution in [3.05, 3.63) is 114 Å². The van der Waals surface area contributed by atoms with E-state index in [1.165, 1.54) is 4.40 Å². The van der Waals surface area contributed by atoms with E-state index in [1.807, 2.05) is 0 Å². The summed E-state index contributed by atoms with van der Waals surface area (Å²) < 4.78 is 2.54. The van der Waals surface area contributed by atoms with Gasteiger partial charge in [-0.25, -0.2) is 9.38 Å². The predicted molar refractivity (Wildman–Crippen MR) is 139 cm³/mol. The SMILES string of the molecule is O=c1nc2c3ccc4c(=O)n5c(=O)c6ccccc6nc5c5ccc(c(=O)n2c2ccccc12)c3c45. The number of fused-ring (bicyclic) bond motifs is 7. The fourth-order valence-electron chi connectivity index (χ4n) is 5.52. The highest BCUT2D eigenvalue weighted by atomic mass is 16.2. The third-order valence-corrected chi connectivity index (χ3v) is 7.08. The lowest BCUT2D eigenvalue weighted by atomic mass is 9.96. The molecular formula is C28H12N4O4. The normalized spacial score (nSPS) is 12.3. The molecule has 8 heteroatoms. The van der Waals surface area contributed by atoms with Crippen LogP contribution in [0, 0.1) is 0 Å². The smallest absolute Gasteiger partial charge is 0.268 e. The molecule has 8 aromatic rings. The van der Waals surface area contributed by atoms with Gasteiger partial charge >= 0.3 is 0 Å². The molecule has 0 aliphatic heterocycles. The number of rotatable bonds is 0. The zero-order chi connectivity index (χ0) is 24.3. The van der Waals surface area contributed by atoms with Gasteiger partial charge < -0.3 is 0 Å². The van der Waals surface area contributed by atoms with E-state index < -0.39 is 16.7 Å². The summed E-state index contributed by atoms with van der Waals surface area (Å²) in [4.78, 5) is 62.4. The molecule has 0 saturated carbocycles. The van der Waals surface area contributed by atoms with Crippen LogP contribution in [0.3, 0.4) is 0 Å². The third-order valence-electron chi connectivity index (χ3n) is 7.08. The van der Waals surface area contributed by atoms with Crippen LogP contribution in [0.25, 0.3) is 65.4 Å². The third kappa shape index (κ3) is 2.10. The molecule has 168 valence electrons. The van der Waals surface area contributed by atoms with Gasteiger partial charge in [-0.3, -0.25) is 23.6 Å². The molecule has 0 fully saturated rings. The second-order valence-electron chi connectivity index (χ2n) is 8.87. The molecule has 8 nitrogen and oxygen atoms in total.